The lowest BCUT2D eigenvalue weighted by Gasteiger charge is -2.23. The first-order valence-corrected chi connectivity index (χ1v) is 6.18. The molecule has 2 N–H and O–H groups in total. The minimum atomic E-state index is -1.09. The van der Waals surface area contributed by atoms with Crippen LogP contribution >= 0.6 is 0 Å². The molecule has 19 heavy (non-hydrogen) atoms. The van der Waals surface area contributed by atoms with E-state index < -0.39 is 18.1 Å². The first-order valence-electron chi connectivity index (χ1n) is 6.18. The molecule has 0 aliphatic carbocycles. The molecule has 1 saturated heterocycles. The number of amides is 2. The zero-order valence-electron chi connectivity index (χ0n) is 10.7. The number of hydrogen-bond acceptors (Lipinski definition) is 4. The van der Waals surface area contributed by atoms with E-state index in [2.05, 4.69) is 0 Å². The van der Waals surface area contributed by atoms with E-state index in [-0.39, 0.29) is 24.8 Å². The summed E-state index contributed by atoms with van der Waals surface area (Å²) >= 11 is 0. The number of aliphatic hydroxyl groups is 2. The number of aliphatic hydroxyl groups excluding tert-OH is 2. The highest BCUT2D eigenvalue weighted by Gasteiger charge is 2.49. The lowest BCUT2D eigenvalue weighted by molar-refractivity contribution is -0.141. The van der Waals surface area contributed by atoms with Gasteiger partial charge in [-0.3, -0.25) is 14.5 Å². The van der Waals surface area contributed by atoms with Crippen LogP contribution in [-0.4, -0.2) is 46.2 Å². The van der Waals surface area contributed by atoms with Gasteiger partial charge in [0.25, 0.3) is 0 Å². The lowest BCUT2D eigenvalue weighted by atomic mass is 9.81. The van der Waals surface area contributed by atoms with Crippen molar-refractivity contribution in [2.75, 3.05) is 13.2 Å². The minimum absolute atomic E-state index is 0.0913. The standard InChI is InChI=1S/C14H17NO4/c1-14(10-5-3-2-4-6-10)7-12(18)15(13(14)19)8-11(17)9-16/h2-6,11,16-17H,7-9H2,1H3/t11-,14?/m0/s1. The molecular weight excluding hydrogens is 246 g/mol. The van der Waals surface area contributed by atoms with Gasteiger partial charge in [-0.2, -0.15) is 0 Å². The summed E-state index contributed by atoms with van der Waals surface area (Å²) < 4.78 is 0. The Morgan fingerprint density at radius 2 is 1.95 bits per heavy atom. The van der Waals surface area contributed by atoms with Gasteiger partial charge in [0, 0.05) is 6.42 Å². The first-order chi connectivity index (χ1) is 8.99. The summed E-state index contributed by atoms with van der Waals surface area (Å²) in [6, 6.07) is 9.13. The van der Waals surface area contributed by atoms with Crippen molar-refractivity contribution in [3.05, 3.63) is 35.9 Å². The number of carbonyl (C=O) groups is 2. The predicted molar refractivity (Wildman–Crippen MR) is 68.2 cm³/mol. The van der Waals surface area contributed by atoms with Crippen molar-refractivity contribution in [1.82, 2.24) is 4.90 Å². The molecule has 0 aromatic heterocycles. The van der Waals surface area contributed by atoms with Gasteiger partial charge in [-0.15, -0.1) is 0 Å². The van der Waals surface area contributed by atoms with E-state index in [1.807, 2.05) is 30.3 Å². The Bertz CT molecular complexity index is 487. The Balaban J connectivity index is 2.27. The molecule has 1 unspecified atom stereocenters. The number of β-amino-alcohol motifs (C(OH)–C–C–N with tert-alkyl or cyclic N) is 1. The topological polar surface area (TPSA) is 77.8 Å². The van der Waals surface area contributed by atoms with Crippen molar-refractivity contribution < 1.29 is 19.8 Å². The summed E-state index contributed by atoms with van der Waals surface area (Å²) in [5.41, 5.74) is -0.0950. The van der Waals surface area contributed by atoms with Gasteiger partial charge in [0.1, 0.15) is 0 Å². The SMILES string of the molecule is CC1(c2ccccc2)CC(=O)N(C[C@H](O)CO)C1=O. The molecule has 0 radical (unpaired) electrons. The number of imide groups is 1. The Labute approximate surface area is 111 Å². The number of benzene rings is 1. The summed E-state index contributed by atoms with van der Waals surface area (Å²) in [5, 5.41) is 18.2. The van der Waals surface area contributed by atoms with E-state index in [1.54, 1.807) is 6.92 Å². The zero-order valence-corrected chi connectivity index (χ0v) is 10.7. The number of hydrogen-bond donors (Lipinski definition) is 2. The van der Waals surface area contributed by atoms with Crippen LogP contribution in [0.4, 0.5) is 0 Å². The van der Waals surface area contributed by atoms with Crippen LogP contribution < -0.4 is 0 Å². The molecule has 2 amide bonds. The monoisotopic (exact) mass is 263 g/mol. The second-order valence-electron chi connectivity index (χ2n) is 5.02. The zero-order chi connectivity index (χ0) is 14.0. The number of likely N-dealkylation sites (tertiary alicyclic amines) is 1. The van der Waals surface area contributed by atoms with Gasteiger partial charge >= 0.3 is 0 Å². The number of nitrogens with zero attached hydrogens (tertiary/aromatic N) is 1. The number of carbonyl (C=O) groups excluding carboxylic acids is 2. The van der Waals surface area contributed by atoms with Crippen molar-refractivity contribution in [1.29, 1.82) is 0 Å². The molecule has 0 saturated carbocycles. The van der Waals surface area contributed by atoms with Gasteiger partial charge in [-0.25, -0.2) is 0 Å². The fourth-order valence-corrected chi connectivity index (χ4v) is 2.37. The Kier molecular flexibility index (Phi) is 3.68. The maximum atomic E-state index is 12.4. The fraction of sp³-hybridized carbons (Fsp3) is 0.429. The molecule has 1 fully saturated rings. The summed E-state index contributed by atoms with van der Waals surface area (Å²) in [5.74, 6) is -0.639. The van der Waals surface area contributed by atoms with E-state index in [1.165, 1.54) is 0 Å². The molecule has 2 rings (SSSR count). The smallest absolute Gasteiger partial charge is 0.240 e. The van der Waals surface area contributed by atoms with Crippen LogP contribution in [-0.2, 0) is 15.0 Å². The third-order valence-electron chi connectivity index (χ3n) is 3.54. The highest BCUT2D eigenvalue weighted by molar-refractivity contribution is 6.08. The number of rotatable bonds is 4. The molecule has 1 aromatic carbocycles. The van der Waals surface area contributed by atoms with Crippen LogP contribution in [0.15, 0.2) is 30.3 Å². The fourth-order valence-electron chi connectivity index (χ4n) is 2.37. The van der Waals surface area contributed by atoms with E-state index in [0.717, 1.165) is 10.5 Å². The van der Waals surface area contributed by atoms with Crippen molar-refractivity contribution >= 4 is 11.8 Å². The molecular formula is C14H17NO4. The Hall–Kier alpha value is -1.72. The molecule has 5 nitrogen and oxygen atoms in total. The second kappa shape index (κ2) is 5.11. The quantitative estimate of drug-likeness (QED) is 0.753. The van der Waals surface area contributed by atoms with E-state index in [9.17, 15) is 14.7 Å². The van der Waals surface area contributed by atoms with Gasteiger partial charge in [0.2, 0.25) is 11.8 Å². The van der Waals surface area contributed by atoms with Gasteiger partial charge in [0.15, 0.2) is 0 Å². The molecule has 0 bridgehead atoms. The molecule has 1 aliphatic rings. The Morgan fingerprint density at radius 1 is 1.32 bits per heavy atom. The third kappa shape index (κ3) is 2.39. The van der Waals surface area contributed by atoms with Gasteiger partial charge < -0.3 is 10.2 Å². The average molecular weight is 263 g/mol. The summed E-state index contributed by atoms with van der Waals surface area (Å²) in [4.78, 5) is 25.4. The van der Waals surface area contributed by atoms with E-state index >= 15 is 0 Å². The van der Waals surface area contributed by atoms with Crippen LogP contribution in [0.2, 0.25) is 0 Å². The van der Waals surface area contributed by atoms with Gasteiger partial charge in [0.05, 0.1) is 24.7 Å². The van der Waals surface area contributed by atoms with Crippen molar-refractivity contribution in [3.8, 4) is 0 Å². The van der Waals surface area contributed by atoms with Crippen molar-refractivity contribution in [2.45, 2.75) is 24.9 Å². The maximum absolute atomic E-state index is 12.4. The maximum Gasteiger partial charge on any atom is 0.240 e. The minimum Gasteiger partial charge on any atom is -0.394 e. The highest BCUT2D eigenvalue weighted by atomic mass is 16.3. The molecule has 5 heteroatoms. The van der Waals surface area contributed by atoms with Crippen LogP contribution in [0.3, 0.4) is 0 Å². The predicted octanol–water partition coefficient (Wildman–Crippen LogP) is 0.0564. The molecule has 0 spiro atoms. The molecule has 1 heterocycles. The van der Waals surface area contributed by atoms with Gasteiger partial charge in [-0.05, 0) is 12.5 Å². The highest BCUT2D eigenvalue weighted by Crippen LogP contribution is 2.36. The van der Waals surface area contributed by atoms with Crippen LogP contribution in [0.5, 0.6) is 0 Å². The van der Waals surface area contributed by atoms with Gasteiger partial charge in [-0.1, -0.05) is 30.3 Å². The summed E-state index contributed by atoms with van der Waals surface area (Å²) in [6.45, 7) is 1.10. The van der Waals surface area contributed by atoms with E-state index in [4.69, 9.17) is 5.11 Å². The first kappa shape index (κ1) is 13.7. The lowest BCUT2D eigenvalue weighted by Crippen LogP contribution is -2.41. The van der Waals surface area contributed by atoms with Crippen LogP contribution in [0.1, 0.15) is 18.9 Å². The van der Waals surface area contributed by atoms with E-state index in [0.29, 0.717) is 0 Å². The summed E-state index contributed by atoms with van der Waals surface area (Å²) in [6.07, 6.45) is -1.00. The van der Waals surface area contributed by atoms with Crippen molar-refractivity contribution in [2.24, 2.45) is 0 Å². The largest absolute Gasteiger partial charge is 0.394 e. The molecule has 1 aromatic rings. The molecule has 2 atom stereocenters. The average Bonchev–Trinajstić information content (AvgIpc) is 2.64. The van der Waals surface area contributed by atoms with Crippen LogP contribution in [0, 0.1) is 0 Å². The van der Waals surface area contributed by atoms with Crippen LogP contribution in [0.25, 0.3) is 0 Å². The molecule has 102 valence electrons. The second-order valence-corrected chi connectivity index (χ2v) is 5.02. The van der Waals surface area contributed by atoms with Crippen molar-refractivity contribution in [3.63, 3.8) is 0 Å². The summed E-state index contributed by atoms with van der Waals surface area (Å²) in [7, 11) is 0. The molecule has 1 aliphatic heterocycles. The normalized spacial score (nSPS) is 24.9. The third-order valence-corrected chi connectivity index (χ3v) is 3.54. The Morgan fingerprint density at radius 3 is 2.53 bits per heavy atom.